The zero-order valence-electron chi connectivity index (χ0n) is 13.3. The van der Waals surface area contributed by atoms with Crippen molar-refractivity contribution in [1.82, 2.24) is 4.40 Å². The first-order valence-corrected chi connectivity index (χ1v) is 8.75. The number of fused-ring (bicyclic) bond motifs is 1. The topological polar surface area (TPSA) is 30.7 Å². The lowest BCUT2D eigenvalue weighted by Crippen LogP contribution is -2.03. The molecule has 0 unspecified atom stereocenters. The third-order valence-corrected chi connectivity index (χ3v) is 4.69. The highest BCUT2D eigenvalue weighted by atomic mass is 35.5. The third kappa shape index (κ3) is 3.69. The van der Waals surface area contributed by atoms with E-state index in [1.54, 1.807) is 41.7 Å². The maximum atomic E-state index is 12.2. The highest BCUT2D eigenvalue weighted by molar-refractivity contribution is 6.42. The van der Waals surface area contributed by atoms with E-state index in [1.165, 1.54) is 0 Å². The molecule has 0 saturated carbocycles. The number of ether oxygens (including phenoxy) is 1. The van der Waals surface area contributed by atoms with Gasteiger partial charge < -0.3 is 4.74 Å². The summed E-state index contributed by atoms with van der Waals surface area (Å²) < 4.78 is 6.92. The summed E-state index contributed by atoms with van der Waals surface area (Å²) in [6.07, 6.45) is 3.74. The van der Waals surface area contributed by atoms with Gasteiger partial charge in [-0.3, -0.25) is 4.40 Å². The van der Waals surface area contributed by atoms with Gasteiger partial charge >= 0.3 is 5.97 Å². The lowest BCUT2D eigenvalue weighted by atomic mass is 10.2. The fourth-order valence-electron chi connectivity index (χ4n) is 2.53. The van der Waals surface area contributed by atoms with Crippen LogP contribution >= 0.6 is 34.8 Å². The van der Waals surface area contributed by atoms with Crippen molar-refractivity contribution in [3.63, 3.8) is 0 Å². The Morgan fingerprint density at radius 2 is 1.88 bits per heavy atom. The maximum Gasteiger partial charge on any atom is 0.340 e. The Morgan fingerprint density at radius 1 is 1.08 bits per heavy atom. The van der Waals surface area contributed by atoms with E-state index >= 15 is 0 Å². The second-order valence-corrected chi connectivity index (χ2v) is 6.48. The van der Waals surface area contributed by atoms with Crippen LogP contribution in [0, 0.1) is 0 Å². The number of carbonyl (C=O) groups excluding carboxylic acids is 1. The number of carbonyl (C=O) groups is 1. The van der Waals surface area contributed by atoms with Crippen LogP contribution in [0.2, 0.25) is 15.2 Å². The summed E-state index contributed by atoms with van der Waals surface area (Å²) in [5, 5.41) is 1.48. The number of hydrogen-bond acceptors (Lipinski definition) is 2. The minimum absolute atomic E-state index is 0.311. The minimum Gasteiger partial charge on any atom is -0.462 e. The van der Waals surface area contributed by atoms with Gasteiger partial charge in [-0.2, -0.15) is 0 Å². The van der Waals surface area contributed by atoms with Crippen molar-refractivity contribution < 1.29 is 9.53 Å². The SMILES string of the molecule is CCOC(=O)c1cc(/C=C/c2ccc(Cl)c(Cl)c2)n2c(Cl)cccc12. The Morgan fingerprint density at radius 3 is 2.60 bits per heavy atom. The van der Waals surface area contributed by atoms with Crippen LogP contribution < -0.4 is 0 Å². The first kappa shape index (κ1) is 17.9. The highest BCUT2D eigenvalue weighted by Crippen LogP contribution is 2.26. The van der Waals surface area contributed by atoms with Crippen LogP contribution in [0.15, 0.2) is 42.5 Å². The van der Waals surface area contributed by atoms with Crippen LogP contribution in [-0.2, 0) is 4.74 Å². The lowest BCUT2D eigenvalue weighted by molar-refractivity contribution is 0.0529. The van der Waals surface area contributed by atoms with E-state index in [0.717, 1.165) is 11.3 Å². The van der Waals surface area contributed by atoms with Crippen LogP contribution in [0.5, 0.6) is 0 Å². The van der Waals surface area contributed by atoms with Crippen molar-refractivity contribution in [2.75, 3.05) is 6.61 Å². The zero-order chi connectivity index (χ0) is 18.0. The van der Waals surface area contributed by atoms with E-state index in [1.807, 2.05) is 24.3 Å². The van der Waals surface area contributed by atoms with E-state index in [9.17, 15) is 4.79 Å². The number of pyridine rings is 1. The Bertz CT molecular complexity index is 976. The molecule has 1 aromatic carbocycles. The van der Waals surface area contributed by atoms with Crippen molar-refractivity contribution >= 4 is 58.4 Å². The first-order valence-electron chi connectivity index (χ1n) is 7.61. The molecule has 0 fully saturated rings. The monoisotopic (exact) mass is 393 g/mol. The van der Waals surface area contributed by atoms with Gasteiger partial charge in [-0.1, -0.05) is 53.0 Å². The van der Waals surface area contributed by atoms with Crippen molar-refractivity contribution in [3.8, 4) is 0 Å². The van der Waals surface area contributed by atoms with Crippen molar-refractivity contribution in [1.29, 1.82) is 0 Å². The molecule has 0 atom stereocenters. The number of esters is 1. The molecule has 0 radical (unpaired) electrons. The van der Waals surface area contributed by atoms with E-state index < -0.39 is 0 Å². The number of rotatable bonds is 4. The van der Waals surface area contributed by atoms with Gasteiger partial charge in [0.15, 0.2) is 0 Å². The highest BCUT2D eigenvalue weighted by Gasteiger charge is 2.16. The summed E-state index contributed by atoms with van der Waals surface area (Å²) in [6.45, 7) is 2.08. The van der Waals surface area contributed by atoms with Gasteiger partial charge in [-0.05, 0) is 48.9 Å². The maximum absolute atomic E-state index is 12.2. The van der Waals surface area contributed by atoms with Gasteiger partial charge in [0, 0.05) is 5.69 Å². The molecule has 6 heteroatoms. The summed E-state index contributed by atoms with van der Waals surface area (Å²) in [7, 11) is 0. The van der Waals surface area contributed by atoms with Gasteiger partial charge in [-0.25, -0.2) is 4.79 Å². The molecule has 2 aromatic heterocycles. The third-order valence-electron chi connectivity index (χ3n) is 3.65. The lowest BCUT2D eigenvalue weighted by Gasteiger charge is -2.03. The van der Waals surface area contributed by atoms with E-state index in [4.69, 9.17) is 39.5 Å². The summed E-state index contributed by atoms with van der Waals surface area (Å²) in [4.78, 5) is 12.2. The fraction of sp³-hybridized carbons (Fsp3) is 0.105. The first-order chi connectivity index (χ1) is 12.0. The summed E-state index contributed by atoms with van der Waals surface area (Å²) in [5.41, 5.74) is 2.81. The number of aromatic nitrogens is 1. The van der Waals surface area contributed by atoms with Gasteiger partial charge in [0.1, 0.15) is 5.15 Å². The zero-order valence-corrected chi connectivity index (χ0v) is 15.6. The minimum atomic E-state index is -0.378. The average molecular weight is 395 g/mol. The molecular weight excluding hydrogens is 381 g/mol. The predicted octanol–water partition coefficient (Wildman–Crippen LogP) is 6.25. The molecular formula is C19H14Cl3NO2. The predicted molar refractivity (Wildman–Crippen MR) is 104 cm³/mol. The molecule has 0 spiro atoms. The molecule has 3 nitrogen and oxygen atoms in total. The number of benzene rings is 1. The summed E-state index contributed by atoms with van der Waals surface area (Å²) in [5.74, 6) is -0.378. The quantitative estimate of drug-likeness (QED) is 0.387. The second-order valence-electron chi connectivity index (χ2n) is 5.28. The molecule has 0 aliphatic carbocycles. The Labute approximate surface area is 160 Å². The fourth-order valence-corrected chi connectivity index (χ4v) is 3.10. The Balaban J connectivity index is 2.07. The standard InChI is InChI=1S/C19H14Cl3NO2/c1-2-25-19(24)14-11-13(23-17(14)4-3-5-18(23)22)8-6-12-7-9-15(20)16(21)10-12/h3-11H,2H2,1H3/b8-6+. The molecule has 0 amide bonds. The van der Waals surface area contributed by atoms with Gasteiger partial charge in [-0.15, -0.1) is 0 Å². The Hall–Kier alpha value is -1.94. The molecule has 0 aliphatic heterocycles. The van der Waals surface area contributed by atoms with Crippen molar-refractivity contribution in [2.24, 2.45) is 0 Å². The van der Waals surface area contributed by atoms with Gasteiger partial charge in [0.2, 0.25) is 0 Å². The van der Waals surface area contributed by atoms with Crippen LogP contribution in [0.25, 0.3) is 17.7 Å². The van der Waals surface area contributed by atoms with Crippen LogP contribution in [-0.4, -0.2) is 17.0 Å². The molecule has 0 N–H and O–H groups in total. The van der Waals surface area contributed by atoms with Crippen molar-refractivity contribution in [3.05, 3.63) is 74.5 Å². The Kier molecular flexibility index (Phi) is 5.38. The van der Waals surface area contributed by atoms with Crippen LogP contribution in [0.4, 0.5) is 0 Å². The molecule has 2 heterocycles. The molecule has 0 saturated heterocycles. The molecule has 0 aliphatic rings. The normalized spacial score (nSPS) is 11.4. The van der Waals surface area contributed by atoms with E-state index in [2.05, 4.69) is 0 Å². The largest absolute Gasteiger partial charge is 0.462 e. The smallest absolute Gasteiger partial charge is 0.340 e. The van der Waals surface area contributed by atoms with Crippen molar-refractivity contribution in [2.45, 2.75) is 6.92 Å². The summed E-state index contributed by atoms with van der Waals surface area (Å²) >= 11 is 18.3. The molecule has 0 bridgehead atoms. The number of halogens is 3. The number of hydrogen-bond donors (Lipinski definition) is 0. The summed E-state index contributed by atoms with van der Waals surface area (Å²) in [6, 6.07) is 12.5. The van der Waals surface area contributed by atoms with Gasteiger partial charge in [0.05, 0.1) is 27.7 Å². The molecule has 3 aromatic rings. The average Bonchev–Trinajstić information content (AvgIpc) is 2.96. The van der Waals surface area contributed by atoms with E-state index in [0.29, 0.717) is 32.9 Å². The van der Waals surface area contributed by atoms with Crippen LogP contribution in [0.1, 0.15) is 28.5 Å². The number of nitrogens with zero attached hydrogens (tertiary/aromatic N) is 1. The molecule has 128 valence electrons. The van der Waals surface area contributed by atoms with E-state index in [-0.39, 0.29) is 5.97 Å². The molecule has 25 heavy (non-hydrogen) atoms. The second kappa shape index (κ2) is 7.52. The van der Waals surface area contributed by atoms with Gasteiger partial charge in [0.25, 0.3) is 0 Å². The molecule has 3 rings (SSSR count). The van der Waals surface area contributed by atoms with Crippen LogP contribution in [0.3, 0.4) is 0 Å².